The van der Waals surface area contributed by atoms with Gasteiger partial charge in [0.2, 0.25) is 0 Å². The lowest BCUT2D eigenvalue weighted by Crippen LogP contribution is -2.29. The quantitative estimate of drug-likeness (QED) is 0.751. The fraction of sp³-hybridized carbons (Fsp3) is 0.231. The van der Waals surface area contributed by atoms with Crippen LogP contribution in [0.3, 0.4) is 0 Å². The average molecular weight is 288 g/mol. The first kappa shape index (κ1) is 13.4. The highest BCUT2D eigenvalue weighted by molar-refractivity contribution is 5.72. The van der Waals surface area contributed by atoms with E-state index in [0.717, 1.165) is 0 Å². The number of fused-ring (bicyclic) bond motifs is 1. The van der Waals surface area contributed by atoms with E-state index in [1.807, 2.05) is 0 Å². The molecule has 7 nitrogen and oxygen atoms in total. The van der Waals surface area contributed by atoms with Gasteiger partial charge in [0.15, 0.2) is 5.65 Å². The van der Waals surface area contributed by atoms with E-state index in [-0.39, 0.29) is 17.9 Å². The molecule has 0 fully saturated rings. The second kappa shape index (κ2) is 5.06. The molecule has 2 N–H and O–H groups in total. The maximum Gasteiger partial charge on any atom is 0.280 e. The predicted molar refractivity (Wildman–Crippen MR) is 73.9 cm³/mol. The zero-order valence-electron chi connectivity index (χ0n) is 11.3. The monoisotopic (exact) mass is 288 g/mol. The Hall–Kier alpha value is -2.61. The van der Waals surface area contributed by atoms with Crippen LogP contribution >= 0.6 is 0 Å². The summed E-state index contributed by atoms with van der Waals surface area (Å²) in [6.07, 6.45) is 1.44. The summed E-state index contributed by atoms with van der Waals surface area (Å²) in [5.74, 6) is -0.371. The Bertz CT molecular complexity index is 855. The van der Waals surface area contributed by atoms with Gasteiger partial charge < -0.3 is 5.73 Å². The van der Waals surface area contributed by atoms with Crippen LogP contribution in [0.2, 0.25) is 0 Å². The predicted octanol–water partition coefficient (Wildman–Crippen LogP) is 0.364. The smallest absolute Gasteiger partial charge is 0.280 e. The third kappa shape index (κ3) is 2.40. The van der Waals surface area contributed by atoms with Crippen LogP contribution in [0.5, 0.6) is 0 Å². The summed E-state index contributed by atoms with van der Waals surface area (Å²) in [5.41, 5.74) is 6.68. The SMILES string of the molecule is Cn1ncc2c(=O)n(CC(N)c3cccc(F)c3)nnc21. The molecule has 3 rings (SSSR count). The Balaban J connectivity index is 1.95. The van der Waals surface area contributed by atoms with Gasteiger partial charge >= 0.3 is 0 Å². The highest BCUT2D eigenvalue weighted by Crippen LogP contribution is 2.13. The van der Waals surface area contributed by atoms with Crippen LogP contribution in [-0.2, 0) is 13.6 Å². The fourth-order valence-electron chi connectivity index (χ4n) is 2.12. The average Bonchev–Trinajstić information content (AvgIpc) is 2.84. The molecule has 108 valence electrons. The minimum Gasteiger partial charge on any atom is -0.322 e. The van der Waals surface area contributed by atoms with Gasteiger partial charge in [-0.15, -0.1) is 5.10 Å². The Kier molecular flexibility index (Phi) is 3.22. The Morgan fingerprint density at radius 1 is 1.43 bits per heavy atom. The van der Waals surface area contributed by atoms with Gasteiger partial charge in [0.05, 0.1) is 12.7 Å². The third-order valence-electron chi connectivity index (χ3n) is 3.27. The van der Waals surface area contributed by atoms with Gasteiger partial charge in [-0.2, -0.15) is 5.10 Å². The highest BCUT2D eigenvalue weighted by atomic mass is 19.1. The molecule has 3 aromatic rings. The van der Waals surface area contributed by atoms with Gasteiger partial charge in [-0.25, -0.2) is 13.8 Å². The first-order valence-electron chi connectivity index (χ1n) is 6.33. The molecule has 1 atom stereocenters. The van der Waals surface area contributed by atoms with E-state index in [4.69, 9.17) is 5.73 Å². The number of aryl methyl sites for hydroxylation is 1. The molecule has 0 saturated carbocycles. The van der Waals surface area contributed by atoms with Crippen molar-refractivity contribution >= 4 is 11.0 Å². The van der Waals surface area contributed by atoms with E-state index in [9.17, 15) is 9.18 Å². The van der Waals surface area contributed by atoms with E-state index in [1.54, 1.807) is 19.2 Å². The summed E-state index contributed by atoms with van der Waals surface area (Å²) in [4.78, 5) is 12.3. The Morgan fingerprint density at radius 3 is 3.00 bits per heavy atom. The zero-order valence-corrected chi connectivity index (χ0v) is 11.3. The van der Waals surface area contributed by atoms with Crippen LogP contribution in [0.1, 0.15) is 11.6 Å². The number of halogens is 1. The van der Waals surface area contributed by atoms with E-state index in [2.05, 4.69) is 15.4 Å². The number of hydrogen-bond acceptors (Lipinski definition) is 5. The first-order valence-corrected chi connectivity index (χ1v) is 6.33. The summed E-state index contributed by atoms with van der Waals surface area (Å²) in [7, 11) is 1.68. The summed E-state index contributed by atoms with van der Waals surface area (Å²) < 4.78 is 15.8. The third-order valence-corrected chi connectivity index (χ3v) is 3.27. The molecule has 0 aliphatic heterocycles. The molecule has 0 radical (unpaired) electrons. The van der Waals surface area contributed by atoms with Gasteiger partial charge in [0.25, 0.3) is 5.56 Å². The van der Waals surface area contributed by atoms with Crippen LogP contribution in [0, 0.1) is 5.82 Å². The molecule has 0 aliphatic rings. The summed E-state index contributed by atoms with van der Waals surface area (Å²) in [5, 5.41) is 12.1. The van der Waals surface area contributed by atoms with E-state index < -0.39 is 6.04 Å². The minimum atomic E-state index is -0.554. The lowest BCUT2D eigenvalue weighted by molar-refractivity contribution is 0.482. The van der Waals surface area contributed by atoms with Crippen molar-refractivity contribution in [1.29, 1.82) is 0 Å². The molecule has 0 saturated heterocycles. The molecular formula is C13H13FN6O. The molecule has 8 heteroatoms. The second-order valence-corrected chi connectivity index (χ2v) is 4.74. The molecule has 21 heavy (non-hydrogen) atoms. The number of nitrogens with two attached hydrogens (primary N) is 1. The molecule has 1 aromatic carbocycles. The number of aromatic nitrogens is 5. The van der Waals surface area contributed by atoms with Crippen molar-refractivity contribution < 1.29 is 4.39 Å². The van der Waals surface area contributed by atoms with Crippen LogP contribution in [0.4, 0.5) is 4.39 Å². The van der Waals surface area contributed by atoms with Crippen molar-refractivity contribution in [3.05, 3.63) is 52.2 Å². The van der Waals surface area contributed by atoms with Crippen molar-refractivity contribution in [2.75, 3.05) is 0 Å². The van der Waals surface area contributed by atoms with Crippen molar-refractivity contribution in [3.63, 3.8) is 0 Å². The zero-order chi connectivity index (χ0) is 15.0. The summed E-state index contributed by atoms with van der Waals surface area (Å²) in [6.45, 7) is 0.111. The van der Waals surface area contributed by atoms with Gasteiger partial charge in [0.1, 0.15) is 11.2 Å². The standard InChI is InChI=1S/C13H13FN6O/c1-19-12-10(6-16-19)13(21)20(18-17-12)7-11(15)8-3-2-4-9(14)5-8/h2-6,11H,7,15H2,1H3. The van der Waals surface area contributed by atoms with Gasteiger partial charge in [0, 0.05) is 13.1 Å². The van der Waals surface area contributed by atoms with Crippen LogP contribution < -0.4 is 11.3 Å². The van der Waals surface area contributed by atoms with E-state index in [1.165, 1.54) is 27.7 Å². The van der Waals surface area contributed by atoms with Crippen molar-refractivity contribution in [2.45, 2.75) is 12.6 Å². The number of hydrogen-bond donors (Lipinski definition) is 1. The second-order valence-electron chi connectivity index (χ2n) is 4.74. The largest absolute Gasteiger partial charge is 0.322 e. The maximum absolute atomic E-state index is 13.2. The molecule has 0 bridgehead atoms. The van der Waals surface area contributed by atoms with Crippen LogP contribution in [-0.4, -0.2) is 24.8 Å². The van der Waals surface area contributed by atoms with Crippen LogP contribution in [0.25, 0.3) is 11.0 Å². The topological polar surface area (TPSA) is 91.6 Å². The van der Waals surface area contributed by atoms with E-state index in [0.29, 0.717) is 16.6 Å². The minimum absolute atomic E-state index is 0.111. The summed E-state index contributed by atoms with van der Waals surface area (Å²) >= 11 is 0. The van der Waals surface area contributed by atoms with E-state index >= 15 is 0 Å². The number of nitrogens with zero attached hydrogens (tertiary/aromatic N) is 5. The van der Waals surface area contributed by atoms with Gasteiger partial charge in [-0.1, -0.05) is 17.3 Å². The van der Waals surface area contributed by atoms with Gasteiger partial charge in [-0.05, 0) is 17.7 Å². The molecule has 0 spiro atoms. The fourth-order valence-corrected chi connectivity index (χ4v) is 2.12. The molecule has 0 amide bonds. The Labute approximate surface area is 118 Å². The van der Waals surface area contributed by atoms with Crippen molar-refractivity contribution in [3.8, 4) is 0 Å². The normalized spacial score (nSPS) is 12.7. The lowest BCUT2D eigenvalue weighted by Gasteiger charge is -2.12. The number of rotatable bonds is 3. The van der Waals surface area contributed by atoms with Gasteiger partial charge in [-0.3, -0.25) is 4.79 Å². The molecule has 0 aliphatic carbocycles. The maximum atomic E-state index is 13.2. The van der Waals surface area contributed by atoms with Crippen molar-refractivity contribution in [2.24, 2.45) is 12.8 Å². The molecule has 2 heterocycles. The lowest BCUT2D eigenvalue weighted by atomic mass is 10.1. The highest BCUT2D eigenvalue weighted by Gasteiger charge is 2.13. The number of benzene rings is 1. The molecule has 1 unspecified atom stereocenters. The molecular weight excluding hydrogens is 275 g/mol. The van der Waals surface area contributed by atoms with Crippen molar-refractivity contribution in [1.82, 2.24) is 24.8 Å². The molecule has 2 aromatic heterocycles. The Morgan fingerprint density at radius 2 is 2.24 bits per heavy atom. The van der Waals surface area contributed by atoms with Crippen LogP contribution in [0.15, 0.2) is 35.3 Å². The first-order chi connectivity index (χ1) is 10.1. The summed E-state index contributed by atoms with van der Waals surface area (Å²) in [6, 6.07) is 5.40.